The van der Waals surface area contributed by atoms with Gasteiger partial charge >= 0.3 is 0 Å². The van der Waals surface area contributed by atoms with Crippen LogP contribution in [0.5, 0.6) is 0 Å². The highest BCUT2D eigenvalue weighted by Gasteiger charge is 2.70. The Labute approximate surface area is 176 Å². The van der Waals surface area contributed by atoms with Crippen molar-refractivity contribution in [2.24, 2.45) is 11.8 Å². The number of imide groups is 1. The summed E-state index contributed by atoms with van der Waals surface area (Å²) < 4.78 is 11.6. The first kappa shape index (κ1) is 19.2. The normalized spacial score (nSPS) is 29.4. The third-order valence-corrected chi connectivity index (χ3v) is 7.20. The molecule has 3 aliphatic carbocycles. The van der Waals surface area contributed by atoms with Crippen molar-refractivity contribution in [2.45, 2.75) is 17.4 Å². The highest BCUT2D eigenvalue weighted by atomic mass is 16.5. The number of methoxy groups -OCH3 is 2. The average molecular weight is 403 g/mol. The first-order valence-electron chi connectivity index (χ1n) is 10.3. The van der Waals surface area contributed by atoms with Gasteiger partial charge in [-0.15, -0.1) is 6.58 Å². The molecule has 3 atom stereocenters. The lowest BCUT2D eigenvalue weighted by molar-refractivity contribution is -0.140. The van der Waals surface area contributed by atoms with Crippen LogP contribution < -0.4 is 0 Å². The van der Waals surface area contributed by atoms with Gasteiger partial charge < -0.3 is 9.47 Å². The molecule has 4 aliphatic rings. The number of likely N-dealkylation sites (tertiary alicyclic amines) is 1. The van der Waals surface area contributed by atoms with Gasteiger partial charge in [0.15, 0.2) is 0 Å². The molecule has 0 N–H and O–H groups in total. The van der Waals surface area contributed by atoms with E-state index in [1.165, 1.54) is 4.90 Å². The van der Waals surface area contributed by atoms with Crippen LogP contribution >= 0.6 is 0 Å². The second kappa shape index (κ2) is 6.89. The second-order valence-electron chi connectivity index (χ2n) is 8.28. The Morgan fingerprint density at radius 3 is 2.17 bits per heavy atom. The van der Waals surface area contributed by atoms with Crippen LogP contribution in [0.4, 0.5) is 0 Å². The van der Waals surface area contributed by atoms with Crippen LogP contribution in [0, 0.1) is 11.8 Å². The Kier molecular flexibility index (Phi) is 4.42. The van der Waals surface area contributed by atoms with E-state index in [0.29, 0.717) is 6.61 Å². The molecule has 0 saturated carbocycles. The molecule has 1 saturated heterocycles. The molecule has 2 aromatic rings. The number of ether oxygens (including phenoxy) is 2. The van der Waals surface area contributed by atoms with Crippen LogP contribution in [0.1, 0.15) is 28.2 Å². The average Bonchev–Trinajstić information content (AvgIpc) is 3.03. The molecule has 2 bridgehead atoms. The minimum atomic E-state index is -0.792. The van der Waals surface area contributed by atoms with Crippen molar-refractivity contribution in [1.29, 1.82) is 0 Å². The molecule has 0 aromatic heterocycles. The van der Waals surface area contributed by atoms with Crippen LogP contribution in [0.2, 0.25) is 0 Å². The van der Waals surface area contributed by atoms with Gasteiger partial charge in [-0.25, -0.2) is 0 Å². The van der Waals surface area contributed by atoms with Gasteiger partial charge in [-0.2, -0.15) is 0 Å². The predicted molar refractivity (Wildman–Crippen MR) is 112 cm³/mol. The van der Waals surface area contributed by atoms with Gasteiger partial charge in [0.25, 0.3) is 0 Å². The van der Waals surface area contributed by atoms with Crippen LogP contribution in [0.15, 0.2) is 61.2 Å². The number of hydrogen-bond acceptors (Lipinski definition) is 4. The maximum atomic E-state index is 13.7. The topological polar surface area (TPSA) is 55.8 Å². The Hall–Kier alpha value is -2.76. The van der Waals surface area contributed by atoms with E-state index >= 15 is 0 Å². The molecule has 0 spiro atoms. The van der Waals surface area contributed by atoms with Gasteiger partial charge in [-0.05, 0) is 22.3 Å². The van der Waals surface area contributed by atoms with E-state index < -0.39 is 23.4 Å². The number of benzene rings is 2. The smallest absolute Gasteiger partial charge is 0.234 e. The molecule has 0 unspecified atom stereocenters. The Morgan fingerprint density at radius 2 is 1.63 bits per heavy atom. The Bertz CT molecular complexity index is 997. The first-order chi connectivity index (χ1) is 14.6. The highest BCUT2D eigenvalue weighted by molar-refractivity contribution is 6.08. The van der Waals surface area contributed by atoms with E-state index in [1.807, 2.05) is 24.3 Å². The van der Waals surface area contributed by atoms with Crippen molar-refractivity contribution in [2.75, 3.05) is 27.4 Å². The SMILES string of the molecule is C=CCN1C(=O)[C@H]2C3c4ccccc4C([C@H](COC)OC)(c4ccccc43)[C@H]2C1=O. The van der Waals surface area contributed by atoms with Crippen LogP contribution in [-0.2, 0) is 24.5 Å². The zero-order valence-corrected chi connectivity index (χ0v) is 17.2. The standard InChI is InChI=1S/C25H25NO4/c1-4-13-26-23(27)21-20-15-9-5-7-11-17(15)25(22(21)24(26)28,19(30-3)14-29-2)18-12-8-6-10-16(18)20/h4-12,19-22H,1,13-14H2,2-3H3/t19-,20?,21-,22+,25?/m0/s1. The molecule has 6 rings (SSSR count). The second-order valence-corrected chi connectivity index (χ2v) is 8.28. The summed E-state index contributed by atoms with van der Waals surface area (Å²) in [5, 5.41) is 0. The summed E-state index contributed by atoms with van der Waals surface area (Å²) in [6.45, 7) is 4.29. The van der Waals surface area contributed by atoms with Crippen LogP contribution in [0.3, 0.4) is 0 Å². The highest BCUT2D eigenvalue weighted by Crippen LogP contribution is 2.65. The number of rotatable bonds is 6. The van der Waals surface area contributed by atoms with Gasteiger partial charge in [0.1, 0.15) is 0 Å². The third-order valence-electron chi connectivity index (χ3n) is 7.20. The maximum Gasteiger partial charge on any atom is 0.234 e. The fraction of sp³-hybridized carbons (Fsp3) is 0.360. The fourth-order valence-electron chi connectivity index (χ4n) is 6.28. The van der Waals surface area contributed by atoms with E-state index in [0.717, 1.165) is 22.3 Å². The maximum absolute atomic E-state index is 13.7. The van der Waals surface area contributed by atoms with Gasteiger partial charge in [0.05, 0.1) is 30.0 Å². The summed E-state index contributed by atoms with van der Waals surface area (Å²) in [6, 6.07) is 16.4. The lowest BCUT2D eigenvalue weighted by Crippen LogP contribution is -2.60. The van der Waals surface area contributed by atoms with Gasteiger partial charge in [0, 0.05) is 26.7 Å². The minimum absolute atomic E-state index is 0.115. The van der Waals surface area contributed by atoms with Crippen LogP contribution in [-0.4, -0.2) is 50.2 Å². The van der Waals surface area contributed by atoms with Crippen molar-refractivity contribution < 1.29 is 19.1 Å². The summed E-state index contributed by atoms with van der Waals surface area (Å²) in [4.78, 5) is 28.7. The molecule has 2 amide bonds. The third kappa shape index (κ3) is 2.14. The number of carbonyl (C=O) groups excluding carboxylic acids is 2. The van der Waals surface area contributed by atoms with Gasteiger partial charge in [-0.1, -0.05) is 54.6 Å². The molecule has 154 valence electrons. The minimum Gasteiger partial charge on any atom is -0.382 e. The van der Waals surface area contributed by atoms with E-state index in [2.05, 4.69) is 30.8 Å². The molecule has 2 aromatic carbocycles. The van der Waals surface area contributed by atoms with E-state index in [-0.39, 0.29) is 24.3 Å². The number of amides is 2. The summed E-state index contributed by atoms with van der Waals surface area (Å²) in [5.74, 6) is -1.38. The molecule has 5 heteroatoms. The summed E-state index contributed by atoms with van der Waals surface area (Å²) in [5.41, 5.74) is 3.57. The van der Waals surface area contributed by atoms with Gasteiger partial charge in [0.2, 0.25) is 11.8 Å². The summed E-state index contributed by atoms with van der Waals surface area (Å²) >= 11 is 0. The van der Waals surface area contributed by atoms with Crippen molar-refractivity contribution in [3.05, 3.63) is 83.4 Å². The molecule has 1 aliphatic heterocycles. The lowest BCUT2D eigenvalue weighted by atomic mass is 9.45. The number of carbonyl (C=O) groups is 2. The molecule has 1 fully saturated rings. The van der Waals surface area contributed by atoms with E-state index in [4.69, 9.17) is 9.47 Å². The molecular weight excluding hydrogens is 378 g/mol. The molecular formula is C25H25NO4. The van der Waals surface area contributed by atoms with Crippen molar-refractivity contribution >= 4 is 11.8 Å². The largest absolute Gasteiger partial charge is 0.382 e. The molecule has 1 heterocycles. The monoisotopic (exact) mass is 403 g/mol. The Morgan fingerprint density at radius 1 is 1.03 bits per heavy atom. The van der Waals surface area contributed by atoms with Crippen molar-refractivity contribution in [3.63, 3.8) is 0 Å². The fourth-order valence-corrected chi connectivity index (χ4v) is 6.28. The van der Waals surface area contributed by atoms with Crippen LogP contribution in [0.25, 0.3) is 0 Å². The predicted octanol–water partition coefficient (Wildman–Crippen LogP) is 2.88. The Balaban J connectivity index is 1.88. The lowest BCUT2D eigenvalue weighted by Gasteiger charge is -2.56. The zero-order chi connectivity index (χ0) is 21.0. The van der Waals surface area contributed by atoms with E-state index in [9.17, 15) is 9.59 Å². The number of nitrogens with zero attached hydrogens (tertiary/aromatic N) is 1. The molecule has 30 heavy (non-hydrogen) atoms. The first-order valence-corrected chi connectivity index (χ1v) is 10.3. The van der Waals surface area contributed by atoms with Crippen molar-refractivity contribution in [1.82, 2.24) is 4.90 Å². The molecule has 0 radical (unpaired) electrons. The molecule has 5 nitrogen and oxygen atoms in total. The van der Waals surface area contributed by atoms with Gasteiger partial charge in [-0.3, -0.25) is 14.5 Å². The summed E-state index contributed by atoms with van der Waals surface area (Å²) in [7, 11) is 3.29. The van der Waals surface area contributed by atoms with E-state index in [1.54, 1.807) is 20.3 Å². The zero-order valence-electron chi connectivity index (χ0n) is 17.2. The quantitative estimate of drug-likeness (QED) is 0.550. The summed E-state index contributed by atoms with van der Waals surface area (Å²) in [6.07, 6.45) is 1.20. The van der Waals surface area contributed by atoms with Crippen molar-refractivity contribution in [3.8, 4) is 0 Å². The number of hydrogen-bond donors (Lipinski definition) is 0.